The Bertz CT molecular complexity index is 790. The van der Waals surface area contributed by atoms with Gasteiger partial charge < -0.3 is 11.5 Å². The Kier molecular flexibility index (Phi) is 8.98. The fourth-order valence-electron chi connectivity index (χ4n) is 7.02. The van der Waals surface area contributed by atoms with Gasteiger partial charge in [0.2, 0.25) is 0 Å². The van der Waals surface area contributed by atoms with Crippen LogP contribution in [0, 0.1) is 17.8 Å². The summed E-state index contributed by atoms with van der Waals surface area (Å²) in [6, 6.07) is 17.3. The number of hydrogen-bond donors (Lipinski definition) is 2. The van der Waals surface area contributed by atoms with Crippen molar-refractivity contribution in [2.24, 2.45) is 17.8 Å². The molecule has 0 saturated heterocycles. The van der Waals surface area contributed by atoms with Gasteiger partial charge in [-0.25, -0.2) is 0 Å². The molecule has 0 bridgehead atoms. The van der Waals surface area contributed by atoms with Crippen molar-refractivity contribution >= 4 is 11.4 Å². The highest BCUT2D eigenvalue weighted by Crippen LogP contribution is 2.49. The number of nitrogens with two attached hydrogens (primary N) is 2. The molecule has 2 aromatic carbocycles. The molecule has 0 radical (unpaired) electrons. The minimum atomic E-state index is 0.105. The van der Waals surface area contributed by atoms with Crippen LogP contribution in [0.5, 0.6) is 0 Å². The Hall–Kier alpha value is -1.96. The lowest BCUT2D eigenvalue weighted by atomic mass is 9.61. The van der Waals surface area contributed by atoms with E-state index in [1.807, 2.05) is 0 Å². The normalized spacial score (nSPS) is 23.1. The molecule has 4 rings (SSSR count). The van der Waals surface area contributed by atoms with Crippen LogP contribution in [0.1, 0.15) is 114 Å². The molecule has 0 aliphatic heterocycles. The summed E-state index contributed by atoms with van der Waals surface area (Å²) in [5.74, 6) is 2.89. The zero-order valence-electron chi connectivity index (χ0n) is 21.6. The molecule has 186 valence electrons. The predicted octanol–water partition coefficient (Wildman–Crippen LogP) is 8.88. The summed E-state index contributed by atoms with van der Waals surface area (Å²) in [7, 11) is 0. The van der Waals surface area contributed by atoms with E-state index in [1.165, 1.54) is 107 Å². The Morgan fingerprint density at radius 3 is 1.62 bits per heavy atom. The van der Waals surface area contributed by atoms with Crippen LogP contribution in [0.15, 0.2) is 48.5 Å². The third-order valence-corrected chi connectivity index (χ3v) is 9.23. The van der Waals surface area contributed by atoms with Crippen LogP contribution < -0.4 is 11.5 Å². The van der Waals surface area contributed by atoms with E-state index in [2.05, 4.69) is 55.5 Å². The Balaban J connectivity index is 1.30. The van der Waals surface area contributed by atoms with Gasteiger partial charge in [-0.05, 0) is 85.3 Å². The molecule has 0 amide bonds. The second-order valence-electron chi connectivity index (χ2n) is 11.6. The lowest BCUT2D eigenvalue weighted by Crippen LogP contribution is -2.34. The molecule has 4 N–H and O–H groups in total. The molecular weight excluding hydrogens is 412 g/mol. The van der Waals surface area contributed by atoms with Crippen molar-refractivity contribution < 1.29 is 0 Å². The first kappa shape index (κ1) is 25.1. The number of hydrogen-bond acceptors (Lipinski definition) is 2. The van der Waals surface area contributed by atoms with Crippen molar-refractivity contribution in [3.63, 3.8) is 0 Å². The van der Waals surface area contributed by atoms with E-state index in [9.17, 15) is 0 Å². The maximum atomic E-state index is 6.02. The van der Waals surface area contributed by atoms with Crippen molar-refractivity contribution in [2.75, 3.05) is 11.5 Å². The van der Waals surface area contributed by atoms with E-state index in [-0.39, 0.29) is 5.41 Å². The first-order valence-corrected chi connectivity index (χ1v) is 14.3. The van der Waals surface area contributed by atoms with Gasteiger partial charge in [-0.2, -0.15) is 0 Å². The number of nitrogen functional groups attached to an aromatic ring is 2. The highest BCUT2D eigenvalue weighted by molar-refractivity contribution is 5.49. The number of unbranched alkanes of at least 4 members (excludes halogenated alkanes) is 4. The molecule has 0 heterocycles. The van der Waals surface area contributed by atoms with Gasteiger partial charge in [-0.1, -0.05) is 95.4 Å². The molecule has 2 aromatic rings. The van der Waals surface area contributed by atoms with Crippen LogP contribution in [0.4, 0.5) is 11.4 Å². The first-order valence-electron chi connectivity index (χ1n) is 14.3. The molecule has 2 aliphatic rings. The SMILES string of the molecule is CCCCCCCC1CCC(CC2CCC(c3ccc(N)cc3)(c3ccc(N)cc3)CC2)CC1. The van der Waals surface area contributed by atoms with Crippen molar-refractivity contribution in [3.8, 4) is 0 Å². The Morgan fingerprint density at radius 2 is 1.09 bits per heavy atom. The van der Waals surface area contributed by atoms with Crippen LogP contribution >= 0.6 is 0 Å². The van der Waals surface area contributed by atoms with Gasteiger partial charge >= 0.3 is 0 Å². The van der Waals surface area contributed by atoms with Gasteiger partial charge in [0.15, 0.2) is 0 Å². The minimum absolute atomic E-state index is 0.105. The van der Waals surface area contributed by atoms with Crippen molar-refractivity contribution in [3.05, 3.63) is 59.7 Å². The van der Waals surface area contributed by atoms with Gasteiger partial charge in [-0.3, -0.25) is 0 Å². The summed E-state index contributed by atoms with van der Waals surface area (Å²) < 4.78 is 0. The van der Waals surface area contributed by atoms with Crippen LogP contribution in [-0.2, 0) is 5.41 Å². The topological polar surface area (TPSA) is 52.0 Å². The van der Waals surface area contributed by atoms with E-state index in [0.717, 1.165) is 29.1 Å². The molecule has 0 spiro atoms. The fourth-order valence-corrected chi connectivity index (χ4v) is 7.02. The number of rotatable bonds is 10. The molecule has 0 atom stereocenters. The Labute approximate surface area is 208 Å². The summed E-state index contributed by atoms with van der Waals surface area (Å²) >= 11 is 0. The Morgan fingerprint density at radius 1 is 0.618 bits per heavy atom. The van der Waals surface area contributed by atoms with Crippen molar-refractivity contribution in [1.29, 1.82) is 0 Å². The molecule has 2 saturated carbocycles. The molecular formula is C32H48N2. The van der Waals surface area contributed by atoms with E-state index in [0.29, 0.717) is 0 Å². The quantitative estimate of drug-likeness (QED) is 0.275. The van der Waals surface area contributed by atoms with Gasteiger partial charge in [0.25, 0.3) is 0 Å². The van der Waals surface area contributed by atoms with E-state index in [4.69, 9.17) is 11.5 Å². The van der Waals surface area contributed by atoms with E-state index in [1.54, 1.807) is 0 Å². The average molecular weight is 461 g/mol. The molecule has 2 aliphatic carbocycles. The van der Waals surface area contributed by atoms with E-state index >= 15 is 0 Å². The van der Waals surface area contributed by atoms with Crippen molar-refractivity contribution in [2.45, 2.75) is 109 Å². The molecule has 0 aromatic heterocycles. The summed E-state index contributed by atoms with van der Waals surface area (Å²) in [4.78, 5) is 0. The zero-order chi connectivity index (χ0) is 23.8. The first-order chi connectivity index (χ1) is 16.6. The van der Waals surface area contributed by atoms with Crippen LogP contribution in [0.25, 0.3) is 0 Å². The predicted molar refractivity (Wildman–Crippen MR) is 148 cm³/mol. The van der Waals surface area contributed by atoms with Crippen LogP contribution in [0.2, 0.25) is 0 Å². The standard InChI is InChI=1S/C32H48N2/c1-2-3-4-5-6-7-25-8-10-26(11-9-25)24-27-20-22-32(23-21-27,28-12-16-30(33)17-13-28)29-14-18-31(34)19-15-29/h12-19,25-27H,2-11,20-24,33-34H2,1H3. The van der Waals surface area contributed by atoms with Crippen LogP contribution in [0.3, 0.4) is 0 Å². The molecule has 34 heavy (non-hydrogen) atoms. The highest BCUT2D eigenvalue weighted by atomic mass is 14.5. The second kappa shape index (κ2) is 12.1. The van der Waals surface area contributed by atoms with Crippen LogP contribution in [-0.4, -0.2) is 0 Å². The summed E-state index contributed by atoms with van der Waals surface area (Å²) in [6.07, 6.45) is 21.2. The van der Waals surface area contributed by atoms with Gasteiger partial charge in [0.05, 0.1) is 0 Å². The lowest BCUT2D eigenvalue weighted by Gasteiger charge is -2.42. The minimum Gasteiger partial charge on any atom is -0.399 e. The van der Waals surface area contributed by atoms with Gasteiger partial charge in [-0.15, -0.1) is 0 Å². The summed E-state index contributed by atoms with van der Waals surface area (Å²) in [5, 5.41) is 0. The molecule has 2 fully saturated rings. The maximum Gasteiger partial charge on any atom is 0.0314 e. The van der Waals surface area contributed by atoms with Gasteiger partial charge in [0, 0.05) is 16.8 Å². The third kappa shape index (κ3) is 6.37. The number of anilines is 2. The smallest absolute Gasteiger partial charge is 0.0314 e. The maximum absolute atomic E-state index is 6.02. The van der Waals surface area contributed by atoms with E-state index < -0.39 is 0 Å². The van der Waals surface area contributed by atoms with Gasteiger partial charge in [0.1, 0.15) is 0 Å². The molecule has 2 nitrogen and oxygen atoms in total. The lowest BCUT2D eigenvalue weighted by molar-refractivity contribution is 0.184. The largest absolute Gasteiger partial charge is 0.399 e. The third-order valence-electron chi connectivity index (χ3n) is 9.23. The zero-order valence-corrected chi connectivity index (χ0v) is 21.6. The summed E-state index contributed by atoms with van der Waals surface area (Å²) in [5.41, 5.74) is 16.7. The summed E-state index contributed by atoms with van der Waals surface area (Å²) in [6.45, 7) is 2.31. The second-order valence-corrected chi connectivity index (χ2v) is 11.6. The average Bonchev–Trinajstić information content (AvgIpc) is 2.86. The monoisotopic (exact) mass is 460 g/mol. The molecule has 0 unspecified atom stereocenters. The highest BCUT2D eigenvalue weighted by Gasteiger charge is 2.39. The fraction of sp³-hybridized carbons (Fsp3) is 0.625. The van der Waals surface area contributed by atoms with Crippen molar-refractivity contribution in [1.82, 2.24) is 0 Å². The molecule has 2 heteroatoms. The number of benzene rings is 2.